The van der Waals surface area contributed by atoms with E-state index in [1.165, 1.54) is 108 Å². The third-order valence-corrected chi connectivity index (χ3v) is 7.96. The van der Waals surface area contributed by atoms with E-state index in [0.717, 1.165) is 43.0 Å². The molecule has 2 N–H and O–H groups in total. The molecular weight excluding hydrogens is 388 g/mol. The van der Waals surface area contributed by atoms with Gasteiger partial charge >= 0.3 is 0 Å². The second-order valence-electron chi connectivity index (χ2n) is 10.0. The molecule has 180 valence electrons. The molecule has 0 aromatic carbocycles. The Hall–Kier alpha value is 0.230. The Balaban J connectivity index is 1.74. The van der Waals surface area contributed by atoms with E-state index in [-0.39, 0.29) is 6.10 Å². The van der Waals surface area contributed by atoms with Gasteiger partial charge in [0.15, 0.2) is 0 Å². The number of piperazine rings is 1. The zero-order valence-electron chi connectivity index (χ0n) is 20.6. The fourth-order valence-electron chi connectivity index (χ4n) is 4.65. The van der Waals surface area contributed by atoms with Gasteiger partial charge in [-0.3, -0.25) is 0 Å². The zero-order valence-corrected chi connectivity index (χ0v) is 21.5. The second-order valence-corrected chi connectivity index (χ2v) is 11.2. The number of nitrogens with one attached hydrogen (secondary N) is 1. The summed E-state index contributed by atoms with van der Waals surface area (Å²) in [5, 5.41) is 13.8. The summed E-state index contributed by atoms with van der Waals surface area (Å²) in [6.45, 7) is 7.71. The highest BCUT2D eigenvalue weighted by Crippen LogP contribution is 2.15. The molecule has 1 atom stereocenters. The van der Waals surface area contributed by atoms with Gasteiger partial charge < -0.3 is 14.9 Å². The van der Waals surface area contributed by atoms with Crippen LogP contribution in [0, 0.1) is 0 Å². The van der Waals surface area contributed by atoms with E-state index in [1.54, 1.807) is 0 Å². The monoisotopic (exact) mass is 443 g/mol. The third kappa shape index (κ3) is 16.9. The number of hydrogen-bond acceptors (Lipinski definition) is 3. The second kappa shape index (κ2) is 19.9. The number of likely N-dealkylation sites (N-methyl/N-ethyl adjacent to an activating group) is 1. The van der Waals surface area contributed by atoms with Crippen molar-refractivity contribution in [3.8, 4) is 0 Å². The van der Waals surface area contributed by atoms with E-state index < -0.39 is 0 Å². The summed E-state index contributed by atoms with van der Waals surface area (Å²) in [5.41, 5.74) is 0. The van der Waals surface area contributed by atoms with Crippen molar-refractivity contribution < 1.29 is 9.59 Å². The first-order valence-electron chi connectivity index (χ1n) is 13.5. The smallest absolute Gasteiger partial charge is 0.112 e. The van der Waals surface area contributed by atoms with Gasteiger partial charge in [-0.15, -0.1) is 0 Å². The predicted octanol–water partition coefficient (Wildman–Crippen LogP) is 6.39. The standard InChI is InChI=1S/C26H55N2OS/c1-3-4-5-6-7-8-9-10-11-12-13-14-15-16-17-18-23-30-25-26(29)24-28(2)21-19-27-20-22-28/h26-27,29H,3-25H2,1-2H3/q+1. The van der Waals surface area contributed by atoms with Gasteiger partial charge in [0.1, 0.15) is 12.6 Å². The average molecular weight is 444 g/mol. The summed E-state index contributed by atoms with van der Waals surface area (Å²) in [6, 6.07) is 0. The van der Waals surface area contributed by atoms with Gasteiger partial charge in [0, 0.05) is 18.8 Å². The van der Waals surface area contributed by atoms with Crippen LogP contribution in [0.1, 0.15) is 110 Å². The van der Waals surface area contributed by atoms with Crippen LogP contribution < -0.4 is 5.32 Å². The fourth-order valence-corrected chi connectivity index (χ4v) is 5.60. The number of nitrogens with zero attached hydrogens (tertiary/aromatic N) is 1. The lowest BCUT2D eigenvalue weighted by Crippen LogP contribution is -2.58. The maximum absolute atomic E-state index is 10.3. The summed E-state index contributed by atoms with van der Waals surface area (Å²) < 4.78 is 1.04. The van der Waals surface area contributed by atoms with Gasteiger partial charge in [-0.2, -0.15) is 11.8 Å². The van der Waals surface area contributed by atoms with Crippen LogP contribution >= 0.6 is 11.8 Å². The van der Waals surface area contributed by atoms with E-state index in [0.29, 0.717) is 0 Å². The van der Waals surface area contributed by atoms with Crippen molar-refractivity contribution in [2.45, 2.75) is 116 Å². The molecule has 1 aliphatic heterocycles. The normalized spacial score (nSPS) is 17.3. The van der Waals surface area contributed by atoms with Crippen LogP contribution in [0.3, 0.4) is 0 Å². The van der Waals surface area contributed by atoms with Gasteiger partial charge in [-0.1, -0.05) is 103 Å². The van der Waals surface area contributed by atoms with Crippen LogP contribution in [0.15, 0.2) is 0 Å². The Morgan fingerprint density at radius 1 is 0.733 bits per heavy atom. The van der Waals surface area contributed by atoms with Crippen molar-refractivity contribution in [3.63, 3.8) is 0 Å². The van der Waals surface area contributed by atoms with E-state index in [2.05, 4.69) is 19.3 Å². The van der Waals surface area contributed by atoms with E-state index >= 15 is 0 Å². The molecule has 0 saturated carbocycles. The van der Waals surface area contributed by atoms with Crippen LogP contribution in [0.4, 0.5) is 0 Å². The highest BCUT2D eigenvalue weighted by atomic mass is 32.2. The molecule has 0 spiro atoms. The topological polar surface area (TPSA) is 32.3 Å². The molecule has 4 heteroatoms. The molecule has 0 aliphatic carbocycles. The molecule has 0 radical (unpaired) electrons. The SMILES string of the molecule is CCCCCCCCCCCCCCCCCCSCC(O)C[N+]1(C)CCNCC1. The highest BCUT2D eigenvalue weighted by molar-refractivity contribution is 7.99. The van der Waals surface area contributed by atoms with Crippen LogP contribution in [-0.2, 0) is 0 Å². The van der Waals surface area contributed by atoms with Crippen molar-refractivity contribution in [1.29, 1.82) is 0 Å². The highest BCUT2D eigenvalue weighted by Gasteiger charge is 2.27. The Kier molecular flexibility index (Phi) is 18.7. The Bertz CT molecular complexity index is 361. The van der Waals surface area contributed by atoms with E-state index in [4.69, 9.17) is 0 Å². The quantitative estimate of drug-likeness (QED) is 0.159. The maximum Gasteiger partial charge on any atom is 0.112 e. The number of aliphatic hydroxyl groups is 1. The molecule has 30 heavy (non-hydrogen) atoms. The molecule has 1 saturated heterocycles. The lowest BCUT2D eigenvalue weighted by Gasteiger charge is -2.39. The average Bonchev–Trinajstić information content (AvgIpc) is 2.73. The number of aliphatic hydroxyl groups excluding tert-OH is 1. The number of hydrogen-bond donors (Lipinski definition) is 2. The van der Waals surface area contributed by atoms with Crippen molar-refractivity contribution in [1.82, 2.24) is 5.32 Å². The molecule has 0 bridgehead atoms. The molecule has 1 rings (SSSR count). The Morgan fingerprint density at radius 2 is 1.17 bits per heavy atom. The lowest BCUT2D eigenvalue weighted by molar-refractivity contribution is -0.913. The van der Waals surface area contributed by atoms with Gasteiger partial charge in [-0.25, -0.2) is 0 Å². The summed E-state index contributed by atoms with van der Waals surface area (Å²) in [6.07, 6.45) is 22.8. The minimum Gasteiger partial charge on any atom is -0.386 e. The zero-order chi connectivity index (χ0) is 21.8. The molecule has 1 heterocycles. The summed E-state index contributed by atoms with van der Waals surface area (Å²) in [4.78, 5) is 0. The number of unbranched alkanes of at least 4 members (excludes halogenated alkanes) is 15. The van der Waals surface area contributed by atoms with Crippen LogP contribution in [-0.4, -0.2) is 67.0 Å². The molecule has 1 fully saturated rings. The maximum atomic E-state index is 10.3. The molecule has 0 aromatic heterocycles. The number of quaternary nitrogens is 1. The fraction of sp³-hybridized carbons (Fsp3) is 1.00. The molecular formula is C26H55N2OS+. The molecule has 1 unspecified atom stereocenters. The van der Waals surface area contributed by atoms with Crippen LogP contribution in [0.25, 0.3) is 0 Å². The first-order valence-corrected chi connectivity index (χ1v) is 14.6. The summed E-state index contributed by atoms with van der Waals surface area (Å²) in [7, 11) is 2.30. The van der Waals surface area contributed by atoms with Gasteiger partial charge in [0.25, 0.3) is 0 Å². The number of thioether (sulfide) groups is 1. The van der Waals surface area contributed by atoms with E-state index in [1.807, 2.05) is 11.8 Å². The summed E-state index contributed by atoms with van der Waals surface area (Å²) >= 11 is 1.96. The molecule has 0 amide bonds. The minimum absolute atomic E-state index is 0.140. The molecule has 0 aromatic rings. The van der Waals surface area contributed by atoms with Crippen molar-refractivity contribution in [3.05, 3.63) is 0 Å². The minimum atomic E-state index is -0.140. The first-order chi connectivity index (χ1) is 14.7. The van der Waals surface area contributed by atoms with E-state index in [9.17, 15) is 5.11 Å². The van der Waals surface area contributed by atoms with Crippen molar-refractivity contribution in [2.24, 2.45) is 0 Å². The van der Waals surface area contributed by atoms with Crippen LogP contribution in [0.2, 0.25) is 0 Å². The Morgan fingerprint density at radius 3 is 1.63 bits per heavy atom. The van der Waals surface area contributed by atoms with Crippen molar-refractivity contribution in [2.75, 3.05) is 51.3 Å². The largest absolute Gasteiger partial charge is 0.386 e. The predicted molar refractivity (Wildman–Crippen MR) is 137 cm³/mol. The third-order valence-electron chi connectivity index (χ3n) is 6.76. The van der Waals surface area contributed by atoms with Gasteiger partial charge in [-0.05, 0) is 12.2 Å². The first kappa shape index (κ1) is 28.3. The molecule has 1 aliphatic rings. The molecule has 3 nitrogen and oxygen atoms in total. The summed E-state index contributed by atoms with van der Waals surface area (Å²) in [5.74, 6) is 2.14. The van der Waals surface area contributed by atoms with Gasteiger partial charge in [0.05, 0.1) is 20.1 Å². The Labute approximate surface area is 193 Å². The van der Waals surface area contributed by atoms with Crippen LogP contribution in [0.5, 0.6) is 0 Å². The van der Waals surface area contributed by atoms with Gasteiger partial charge in [0.2, 0.25) is 0 Å². The number of rotatable bonds is 21. The van der Waals surface area contributed by atoms with Crippen molar-refractivity contribution >= 4 is 11.8 Å². The lowest BCUT2D eigenvalue weighted by atomic mass is 10.0.